The molecular weight excluding hydrogens is 188 g/mol. The molecule has 0 bridgehead atoms. The lowest BCUT2D eigenvalue weighted by atomic mass is 10.2. The second kappa shape index (κ2) is 3.46. The summed E-state index contributed by atoms with van der Waals surface area (Å²) in [7, 11) is 0. The largest absolute Gasteiger partial charge is 0.504 e. The smallest absolute Gasteiger partial charge is 0.180 e. The summed E-state index contributed by atoms with van der Waals surface area (Å²) >= 11 is 5.85. The van der Waals surface area contributed by atoms with Gasteiger partial charge in [0.15, 0.2) is 11.5 Å². The Morgan fingerprint density at radius 2 is 1.92 bits per heavy atom. The number of benzene rings is 1. The van der Waals surface area contributed by atoms with Crippen LogP contribution in [0.4, 0.5) is 0 Å². The third-order valence-electron chi connectivity index (χ3n) is 1.35. The number of hydrogen-bond acceptors (Lipinski definition) is 2. The number of phenolic OH excluding ortho intramolecular Hbond substituents is 1. The van der Waals surface area contributed by atoms with Gasteiger partial charge in [0, 0.05) is 0 Å². The van der Waals surface area contributed by atoms with E-state index in [2.05, 4.69) is 0 Å². The van der Waals surface area contributed by atoms with Crippen molar-refractivity contribution in [3.05, 3.63) is 23.2 Å². The van der Waals surface area contributed by atoms with Gasteiger partial charge in [-0.05, 0) is 32.9 Å². The van der Waals surface area contributed by atoms with Crippen LogP contribution in [0.25, 0.3) is 0 Å². The molecule has 1 N–H and O–H groups in total. The minimum atomic E-state index is -0.359. The summed E-state index contributed by atoms with van der Waals surface area (Å²) in [6.45, 7) is 5.70. The van der Waals surface area contributed by atoms with Crippen LogP contribution < -0.4 is 4.74 Å². The summed E-state index contributed by atoms with van der Waals surface area (Å²) in [5.74, 6) is 0.416. The lowest BCUT2D eigenvalue weighted by Gasteiger charge is -2.22. The van der Waals surface area contributed by atoms with E-state index in [9.17, 15) is 5.11 Å². The van der Waals surface area contributed by atoms with Crippen molar-refractivity contribution >= 4 is 11.6 Å². The van der Waals surface area contributed by atoms with Crippen LogP contribution in [0, 0.1) is 0 Å². The number of halogens is 1. The van der Waals surface area contributed by atoms with Crippen molar-refractivity contribution in [3.63, 3.8) is 0 Å². The van der Waals surface area contributed by atoms with Crippen molar-refractivity contribution in [3.8, 4) is 11.5 Å². The first-order valence-electron chi connectivity index (χ1n) is 4.06. The monoisotopic (exact) mass is 200 g/mol. The molecule has 0 radical (unpaired) electrons. The Balaban J connectivity index is 3.00. The molecule has 0 aromatic heterocycles. The average molecular weight is 201 g/mol. The molecule has 0 saturated heterocycles. The topological polar surface area (TPSA) is 29.5 Å². The van der Waals surface area contributed by atoms with Gasteiger partial charge in [-0.25, -0.2) is 0 Å². The standard InChI is InChI=1S/C10H13ClO2/c1-10(2,3)13-9-7(11)5-4-6-8(9)12/h4-6,12H,1-3H3. The second-order valence-corrected chi connectivity index (χ2v) is 4.21. The Bertz CT molecular complexity index is 282. The van der Waals surface area contributed by atoms with Gasteiger partial charge in [0.1, 0.15) is 5.60 Å². The number of hydrogen-bond donors (Lipinski definition) is 1. The fraction of sp³-hybridized carbons (Fsp3) is 0.400. The zero-order valence-corrected chi connectivity index (χ0v) is 8.72. The molecule has 72 valence electrons. The van der Waals surface area contributed by atoms with Gasteiger partial charge in [-0.3, -0.25) is 0 Å². The van der Waals surface area contributed by atoms with Crippen LogP contribution in [-0.2, 0) is 0 Å². The van der Waals surface area contributed by atoms with Gasteiger partial charge < -0.3 is 9.84 Å². The van der Waals surface area contributed by atoms with E-state index in [4.69, 9.17) is 16.3 Å². The highest BCUT2D eigenvalue weighted by molar-refractivity contribution is 6.32. The minimum absolute atomic E-state index is 0.0717. The molecule has 0 aliphatic rings. The SMILES string of the molecule is CC(C)(C)Oc1c(O)cccc1Cl. The number of para-hydroxylation sites is 1. The predicted molar refractivity (Wildman–Crippen MR) is 53.5 cm³/mol. The maximum Gasteiger partial charge on any atom is 0.180 e. The Hall–Kier alpha value is -0.890. The van der Waals surface area contributed by atoms with Crippen molar-refractivity contribution in [1.29, 1.82) is 0 Å². The highest BCUT2D eigenvalue weighted by Crippen LogP contribution is 2.35. The Morgan fingerprint density at radius 3 is 2.38 bits per heavy atom. The molecule has 1 aromatic carbocycles. The van der Waals surface area contributed by atoms with E-state index in [0.29, 0.717) is 10.8 Å². The van der Waals surface area contributed by atoms with Gasteiger partial charge in [-0.15, -0.1) is 0 Å². The normalized spacial score (nSPS) is 11.4. The molecule has 0 aliphatic carbocycles. The molecule has 0 fully saturated rings. The number of ether oxygens (including phenoxy) is 1. The highest BCUT2D eigenvalue weighted by atomic mass is 35.5. The van der Waals surface area contributed by atoms with Crippen molar-refractivity contribution in [1.82, 2.24) is 0 Å². The van der Waals surface area contributed by atoms with Crippen LogP contribution in [0.1, 0.15) is 20.8 Å². The van der Waals surface area contributed by atoms with E-state index in [-0.39, 0.29) is 11.4 Å². The van der Waals surface area contributed by atoms with Crippen LogP contribution in [-0.4, -0.2) is 10.7 Å². The summed E-state index contributed by atoms with van der Waals surface area (Å²) in [5, 5.41) is 9.87. The molecule has 0 heterocycles. The van der Waals surface area contributed by atoms with E-state index in [1.54, 1.807) is 18.2 Å². The molecule has 0 aliphatic heterocycles. The zero-order valence-electron chi connectivity index (χ0n) is 7.97. The minimum Gasteiger partial charge on any atom is -0.504 e. The first-order chi connectivity index (χ1) is 5.90. The van der Waals surface area contributed by atoms with Crippen molar-refractivity contribution in [2.45, 2.75) is 26.4 Å². The first-order valence-corrected chi connectivity index (χ1v) is 4.44. The molecule has 13 heavy (non-hydrogen) atoms. The van der Waals surface area contributed by atoms with Crippen LogP contribution >= 0.6 is 11.6 Å². The quantitative estimate of drug-likeness (QED) is 0.754. The van der Waals surface area contributed by atoms with E-state index in [1.807, 2.05) is 20.8 Å². The van der Waals surface area contributed by atoms with Crippen LogP contribution in [0.3, 0.4) is 0 Å². The number of phenols is 1. The van der Waals surface area contributed by atoms with Gasteiger partial charge in [-0.2, -0.15) is 0 Å². The first kappa shape index (κ1) is 10.2. The summed E-state index contributed by atoms with van der Waals surface area (Å²) < 4.78 is 5.48. The Labute approximate surface area is 83.1 Å². The van der Waals surface area contributed by atoms with E-state index in [1.165, 1.54) is 0 Å². The lowest BCUT2D eigenvalue weighted by molar-refractivity contribution is 0.126. The van der Waals surface area contributed by atoms with Gasteiger partial charge in [0.05, 0.1) is 5.02 Å². The number of rotatable bonds is 1. The Morgan fingerprint density at radius 1 is 1.31 bits per heavy atom. The maximum atomic E-state index is 9.45. The maximum absolute atomic E-state index is 9.45. The molecule has 0 atom stereocenters. The van der Waals surface area contributed by atoms with Gasteiger partial charge >= 0.3 is 0 Å². The molecule has 2 nitrogen and oxygen atoms in total. The summed E-state index contributed by atoms with van der Waals surface area (Å²) in [6.07, 6.45) is 0. The fourth-order valence-electron chi connectivity index (χ4n) is 0.905. The summed E-state index contributed by atoms with van der Waals surface area (Å²) in [4.78, 5) is 0. The molecule has 0 unspecified atom stereocenters. The molecule has 3 heteroatoms. The fourth-order valence-corrected chi connectivity index (χ4v) is 1.11. The third kappa shape index (κ3) is 2.81. The molecule has 0 spiro atoms. The van der Waals surface area contributed by atoms with Crippen LogP contribution in [0.15, 0.2) is 18.2 Å². The number of aromatic hydroxyl groups is 1. The molecule has 1 rings (SSSR count). The Kier molecular flexibility index (Phi) is 2.71. The lowest BCUT2D eigenvalue weighted by Crippen LogP contribution is -2.23. The van der Waals surface area contributed by atoms with Gasteiger partial charge in [0.2, 0.25) is 0 Å². The third-order valence-corrected chi connectivity index (χ3v) is 1.65. The summed E-state index contributed by atoms with van der Waals surface area (Å²) in [6, 6.07) is 4.91. The summed E-state index contributed by atoms with van der Waals surface area (Å²) in [5.41, 5.74) is -0.359. The van der Waals surface area contributed by atoms with Crippen molar-refractivity contribution in [2.24, 2.45) is 0 Å². The van der Waals surface area contributed by atoms with E-state index >= 15 is 0 Å². The van der Waals surface area contributed by atoms with Crippen LogP contribution in [0.2, 0.25) is 5.02 Å². The average Bonchev–Trinajstić information content (AvgIpc) is 1.95. The zero-order chi connectivity index (χ0) is 10.1. The van der Waals surface area contributed by atoms with Crippen molar-refractivity contribution in [2.75, 3.05) is 0 Å². The van der Waals surface area contributed by atoms with Gasteiger partial charge in [-0.1, -0.05) is 17.7 Å². The second-order valence-electron chi connectivity index (χ2n) is 3.80. The van der Waals surface area contributed by atoms with Crippen molar-refractivity contribution < 1.29 is 9.84 Å². The van der Waals surface area contributed by atoms with E-state index < -0.39 is 0 Å². The molecule has 0 amide bonds. The molecule has 0 saturated carbocycles. The van der Waals surface area contributed by atoms with Gasteiger partial charge in [0.25, 0.3) is 0 Å². The molecular formula is C10H13ClO2. The van der Waals surface area contributed by atoms with E-state index in [0.717, 1.165) is 0 Å². The predicted octanol–water partition coefficient (Wildman–Crippen LogP) is 3.22. The van der Waals surface area contributed by atoms with Crippen LogP contribution in [0.5, 0.6) is 11.5 Å². The highest BCUT2D eigenvalue weighted by Gasteiger charge is 2.16. The molecule has 1 aromatic rings.